The standard InChI is InChI=1S/C16H10Br2O4/c1-21-13-4-8(2-3-12(13)19)5-14-15(20)10-6-9(17)7-11(18)16(10)22-14/h2-7,19H,1H3/b14-5-. The van der Waals surface area contributed by atoms with Gasteiger partial charge in [-0.15, -0.1) is 0 Å². The Bertz CT molecular complexity index is 812. The molecule has 2 aromatic rings. The van der Waals surface area contributed by atoms with E-state index in [1.807, 2.05) is 6.07 Å². The highest BCUT2D eigenvalue weighted by Gasteiger charge is 2.29. The van der Waals surface area contributed by atoms with Crippen molar-refractivity contribution in [1.29, 1.82) is 0 Å². The average molecular weight is 426 g/mol. The number of carbonyl (C=O) groups is 1. The second-order valence-corrected chi connectivity index (χ2v) is 6.41. The molecule has 1 N–H and O–H groups in total. The predicted molar refractivity (Wildman–Crippen MR) is 89.4 cm³/mol. The molecule has 6 heteroatoms. The first-order valence-corrected chi connectivity index (χ1v) is 7.88. The number of halogens is 2. The number of ether oxygens (including phenoxy) is 2. The molecule has 0 unspecified atom stereocenters. The van der Waals surface area contributed by atoms with Crippen molar-refractivity contribution < 1.29 is 19.4 Å². The first-order chi connectivity index (χ1) is 10.5. The van der Waals surface area contributed by atoms with Crippen LogP contribution in [0.3, 0.4) is 0 Å². The van der Waals surface area contributed by atoms with Gasteiger partial charge in [-0.2, -0.15) is 0 Å². The molecular formula is C16H10Br2O4. The van der Waals surface area contributed by atoms with E-state index in [2.05, 4.69) is 31.9 Å². The van der Waals surface area contributed by atoms with E-state index in [9.17, 15) is 9.90 Å². The maximum atomic E-state index is 12.4. The number of methoxy groups -OCH3 is 1. The lowest BCUT2D eigenvalue weighted by Crippen LogP contribution is -1.98. The Balaban J connectivity index is 2.01. The van der Waals surface area contributed by atoms with E-state index in [1.54, 1.807) is 24.3 Å². The summed E-state index contributed by atoms with van der Waals surface area (Å²) in [5.74, 6) is 0.912. The summed E-state index contributed by atoms with van der Waals surface area (Å²) in [5.41, 5.74) is 1.19. The fourth-order valence-electron chi connectivity index (χ4n) is 2.15. The van der Waals surface area contributed by atoms with Gasteiger partial charge in [0.05, 0.1) is 17.1 Å². The monoisotopic (exact) mass is 424 g/mol. The third-order valence-electron chi connectivity index (χ3n) is 3.19. The number of phenolic OH excluding ortho intramolecular Hbond substituents is 1. The van der Waals surface area contributed by atoms with E-state index in [0.29, 0.717) is 27.1 Å². The summed E-state index contributed by atoms with van der Waals surface area (Å²) in [6, 6.07) is 8.35. The molecule has 0 saturated heterocycles. The van der Waals surface area contributed by atoms with Crippen LogP contribution in [0.15, 0.2) is 45.0 Å². The van der Waals surface area contributed by atoms with Gasteiger partial charge in [-0.1, -0.05) is 22.0 Å². The molecule has 0 amide bonds. The van der Waals surface area contributed by atoms with Gasteiger partial charge in [0.2, 0.25) is 5.78 Å². The van der Waals surface area contributed by atoms with E-state index in [1.165, 1.54) is 13.2 Å². The van der Waals surface area contributed by atoms with Gasteiger partial charge in [0.25, 0.3) is 0 Å². The highest BCUT2D eigenvalue weighted by molar-refractivity contribution is 9.11. The number of allylic oxidation sites excluding steroid dienone is 1. The largest absolute Gasteiger partial charge is 0.504 e. The molecule has 0 atom stereocenters. The quantitative estimate of drug-likeness (QED) is 0.717. The van der Waals surface area contributed by atoms with Crippen molar-refractivity contribution in [2.45, 2.75) is 0 Å². The van der Waals surface area contributed by atoms with Gasteiger partial charge in [0.15, 0.2) is 23.0 Å². The number of Topliss-reactive ketones (excluding diaryl/α,β-unsaturated/α-hetero) is 1. The zero-order valence-corrected chi connectivity index (χ0v) is 14.6. The van der Waals surface area contributed by atoms with Gasteiger partial charge >= 0.3 is 0 Å². The molecule has 0 saturated carbocycles. The summed E-state index contributed by atoms with van der Waals surface area (Å²) < 4.78 is 12.2. The summed E-state index contributed by atoms with van der Waals surface area (Å²) in [4.78, 5) is 12.4. The SMILES string of the molecule is COc1cc(/C=C2\Oc3c(Br)cc(Br)cc3C2=O)ccc1O. The molecule has 112 valence electrons. The lowest BCUT2D eigenvalue weighted by molar-refractivity contribution is 0.101. The summed E-state index contributed by atoms with van der Waals surface area (Å²) in [6.45, 7) is 0. The number of ketones is 1. The molecule has 0 radical (unpaired) electrons. The van der Waals surface area contributed by atoms with Gasteiger partial charge < -0.3 is 14.6 Å². The van der Waals surface area contributed by atoms with E-state index in [0.717, 1.165) is 4.47 Å². The van der Waals surface area contributed by atoms with Crippen molar-refractivity contribution in [2.75, 3.05) is 7.11 Å². The van der Waals surface area contributed by atoms with Crippen LogP contribution < -0.4 is 9.47 Å². The van der Waals surface area contributed by atoms with Gasteiger partial charge in [-0.05, 0) is 51.8 Å². The minimum Gasteiger partial charge on any atom is -0.504 e. The zero-order valence-electron chi connectivity index (χ0n) is 11.4. The highest BCUT2D eigenvalue weighted by atomic mass is 79.9. The zero-order chi connectivity index (χ0) is 15.9. The van der Waals surface area contributed by atoms with E-state index in [-0.39, 0.29) is 17.3 Å². The van der Waals surface area contributed by atoms with Crippen LogP contribution in [0.2, 0.25) is 0 Å². The Kier molecular flexibility index (Phi) is 3.97. The van der Waals surface area contributed by atoms with E-state index in [4.69, 9.17) is 9.47 Å². The number of fused-ring (bicyclic) bond motifs is 1. The van der Waals surface area contributed by atoms with Gasteiger partial charge in [0, 0.05) is 4.47 Å². The first kappa shape index (κ1) is 15.1. The average Bonchev–Trinajstić information content (AvgIpc) is 2.79. The fraction of sp³-hybridized carbons (Fsp3) is 0.0625. The van der Waals surface area contributed by atoms with Crippen molar-refractivity contribution in [3.63, 3.8) is 0 Å². The molecule has 0 aliphatic carbocycles. The maximum absolute atomic E-state index is 12.4. The molecule has 0 aromatic heterocycles. The summed E-state index contributed by atoms with van der Waals surface area (Å²) in [6.07, 6.45) is 1.62. The van der Waals surface area contributed by atoms with Gasteiger partial charge in [0.1, 0.15) is 0 Å². The highest BCUT2D eigenvalue weighted by Crippen LogP contribution is 2.40. The van der Waals surface area contributed by atoms with Gasteiger partial charge in [-0.25, -0.2) is 0 Å². The molecule has 1 aliphatic heterocycles. The minimum atomic E-state index is -0.191. The molecule has 0 bridgehead atoms. The molecule has 1 aliphatic rings. The topological polar surface area (TPSA) is 55.8 Å². The van der Waals surface area contributed by atoms with Crippen molar-refractivity contribution >= 4 is 43.7 Å². The smallest absolute Gasteiger partial charge is 0.232 e. The molecule has 1 heterocycles. The normalized spacial score (nSPS) is 14.9. The fourth-order valence-corrected chi connectivity index (χ4v) is 3.46. The van der Waals surface area contributed by atoms with Crippen LogP contribution in [0, 0.1) is 0 Å². The summed E-state index contributed by atoms with van der Waals surface area (Å²) in [7, 11) is 1.47. The molecule has 2 aromatic carbocycles. The van der Waals surface area contributed by atoms with E-state index < -0.39 is 0 Å². The second-order valence-electron chi connectivity index (χ2n) is 4.64. The van der Waals surface area contributed by atoms with Crippen molar-refractivity contribution in [1.82, 2.24) is 0 Å². The van der Waals surface area contributed by atoms with E-state index >= 15 is 0 Å². The third-order valence-corrected chi connectivity index (χ3v) is 4.24. The van der Waals surface area contributed by atoms with Crippen molar-refractivity contribution in [3.8, 4) is 17.2 Å². The molecule has 0 fully saturated rings. The molecule has 3 rings (SSSR count). The van der Waals surface area contributed by atoms with Crippen LogP contribution in [0.5, 0.6) is 17.2 Å². The molecule has 4 nitrogen and oxygen atoms in total. The number of hydrogen-bond donors (Lipinski definition) is 1. The molecular weight excluding hydrogens is 416 g/mol. The molecule has 0 spiro atoms. The number of aromatic hydroxyl groups is 1. The van der Waals surface area contributed by atoms with Crippen molar-refractivity contribution in [2.24, 2.45) is 0 Å². The second kappa shape index (κ2) is 5.78. The molecule has 22 heavy (non-hydrogen) atoms. The van der Waals surface area contributed by atoms with Gasteiger partial charge in [-0.3, -0.25) is 4.79 Å². The lowest BCUT2D eigenvalue weighted by atomic mass is 10.1. The van der Waals surface area contributed by atoms with Crippen LogP contribution in [-0.4, -0.2) is 18.0 Å². The Morgan fingerprint density at radius 1 is 1.23 bits per heavy atom. The Morgan fingerprint density at radius 2 is 2.00 bits per heavy atom. The Hall–Kier alpha value is -1.79. The van der Waals surface area contributed by atoms with Crippen LogP contribution in [0.25, 0.3) is 6.08 Å². The maximum Gasteiger partial charge on any atom is 0.232 e. The van der Waals surface area contributed by atoms with Crippen LogP contribution in [0.4, 0.5) is 0 Å². The number of hydrogen-bond acceptors (Lipinski definition) is 4. The summed E-state index contributed by atoms with van der Waals surface area (Å²) >= 11 is 6.74. The van der Waals surface area contributed by atoms with Crippen LogP contribution in [-0.2, 0) is 0 Å². The lowest BCUT2D eigenvalue weighted by Gasteiger charge is -2.04. The predicted octanol–water partition coefficient (Wildman–Crippen LogP) is 4.54. The van der Waals surface area contributed by atoms with Crippen LogP contribution >= 0.6 is 31.9 Å². The summed E-state index contributed by atoms with van der Waals surface area (Å²) in [5, 5.41) is 9.60. The van der Waals surface area contributed by atoms with Crippen LogP contribution in [0.1, 0.15) is 15.9 Å². The number of carbonyl (C=O) groups excluding carboxylic acids is 1. The number of benzene rings is 2. The minimum absolute atomic E-state index is 0.0401. The Morgan fingerprint density at radius 3 is 2.73 bits per heavy atom. The third kappa shape index (κ3) is 2.64. The number of rotatable bonds is 2. The Labute approximate surface area is 143 Å². The first-order valence-electron chi connectivity index (χ1n) is 6.30. The number of phenols is 1. The van der Waals surface area contributed by atoms with Crippen molar-refractivity contribution in [3.05, 3.63) is 56.2 Å².